The van der Waals surface area contributed by atoms with Crippen molar-refractivity contribution in [3.63, 3.8) is 0 Å². The molecule has 1 aromatic heterocycles. The van der Waals surface area contributed by atoms with E-state index >= 15 is 0 Å². The molecule has 0 saturated carbocycles. The zero-order chi connectivity index (χ0) is 16.8. The molecule has 1 fully saturated rings. The molecule has 1 amide bonds. The third-order valence-corrected chi connectivity index (χ3v) is 4.18. The Labute approximate surface area is 142 Å². The normalized spacial score (nSPS) is 18.8. The zero-order valence-electron chi connectivity index (χ0n) is 13.9. The number of aromatic nitrogens is 1. The summed E-state index contributed by atoms with van der Waals surface area (Å²) in [7, 11) is 0. The molecule has 24 heavy (non-hydrogen) atoms. The second kappa shape index (κ2) is 8.04. The Hall–Kier alpha value is -2.24. The van der Waals surface area contributed by atoms with Crippen molar-refractivity contribution >= 4 is 5.91 Å². The van der Waals surface area contributed by atoms with E-state index < -0.39 is 6.10 Å². The van der Waals surface area contributed by atoms with Crippen LogP contribution in [0.5, 0.6) is 0 Å². The first-order valence-electron chi connectivity index (χ1n) is 8.30. The van der Waals surface area contributed by atoms with Crippen LogP contribution >= 0.6 is 0 Å². The second-order valence-corrected chi connectivity index (χ2v) is 6.10. The lowest BCUT2D eigenvalue weighted by Gasteiger charge is -2.26. The lowest BCUT2D eigenvalue weighted by Crippen LogP contribution is -2.48. The number of ether oxygens (including phenoxy) is 1. The van der Waals surface area contributed by atoms with E-state index in [0.29, 0.717) is 13.2 Å². The van der Waals surface area contributed by atoms with Gasteiger partial charge in [0.25, 0.3) is 5.91 Å². The summed E-state index contributed by atoms with van der Waals surface area (Å²) in [5.74, 6) is -0.0804. The fraction of sp³-hybridized carbons (Fsp3) is 0.368. The molecule has 5 nitrogen and oxygen atoms in total. The maximum absolute atomic E-state index is 12.5. The average molecular weight is 325 g/mol. The highest BCUT2D eigenvalue weighted by Gasteiger charge is 2.25. The van der Waals surface area contributed by atoms with Crippen molar-refractivity contribution < 1.29 is 9.53 Å². The number of carbonyl (C=O) groups is 1. The molecule has 1 aromatic carbocycles. The fourth-order valence-electron chi connectivity index (χ4n) is 2.79. The number of pyridine rings is 1. The predicted molar refractivity (Wildman–Crippen MR) is 92.6 cm³/mol. The first kappa shape index (κ1) is 16.6. The van der Waals surface area contributed by atoms with Crippen LogP contribution in [-0.2, 0) is 16.0 Å². The number of amides is 1. The molecule has 1 aliphatic rings. The minimum atomic E-state index is -0.434. The fourth-order valence-corrected chi connectivity index (χ4v) is 2.79. The number of aryl methyl sites for hydroxylation is 1. The van der Waals surface area contributed by atoms with Gasteiger partial charge in [-0.05, 0) is 30.5 Å². The Morgan fingerprint density at radius 2 is 2.21 bits per heavy atom. The average Bonchev–Trinajstić information content (AvgIpc) is 2.64. The smallest absolute Gasteiger partial charge is 0.250 e. The molecular formula is C19H23N3O2. The Balaban J connectivity index is 1.74. The molecule has 0 unspecified atom stereocenters. The van der Waals surface area contributed by atoms with E-state index in [1.165, 1.54) is 11.1 Å². The zero-order valence-corrected chi connectivity index (χ0v) is 13.9. The van der Waals surface area contributed by atoms with Crippen molar-refractivity contribution in [2.75, 3.05) is 19.7 Å². The number of nitrogens with zero attached hydrogens (tertiary/aromatic N) is 1. The van der Waals surface area contributed by atoms with Crippen LogP contribution in [-0.4, -0.2) is 36.7 Å². The minimum absolute atomic E-state index is 0.0804. The van der Waals surface area contributed by atoms with Crippen LogP contribution in [0.1, 0.15) is 22.7 Å². The van der Waals surface area contributed by atoms with E-state index in [1.54, 1.807) is 12.4 Å². The highest BCUT2D eigenvalue weighted by Crippen LogP contribution is 2.18. The van der Waals surface area contributed by atoms with Gasteiger partial charge in [-0.25, -0.2) is 0 Å². The molecule has 2 aromatic rings. The summed E-state index contributed by atoms with van der Waals surface area (Å²) in [4.78, 5) is 16.7. The lowest BCUT2D eigenvalue weighted by atomic mass is 9.99. The van der Waals surface area contributed by atoms with Crippen LogP contribution in [0.4, 0.5) is 0 Å². The topological polar surface area (TPSA) is 63.2 Å². The summed E-state index contributed by atoms with van der Waals surface area (Å²) in [5.41, 5.74) is 3.40. The molecule has 1 aliphatic heterocycles. The van der Waals surface area contributed by atoms with E-state index in [2.05, 4.69) is 46.8 Å². The van der Waals surface area contributed by atoms with E-state index in [9.17, 15) is 4.79 Å². The van der Waals surface area contributed by atoms with Crippen molar-refractivity contribution in [3.05, 3.63) is 65.5 Å². The first-order valence-corrected chi connectivity index (χ1v) is 8.30. The van der Waals surface area contributed by atoms with Gasteiger partial charge in [0, 0.05) is 25.5 Å². The molecule has 3 rings (SSSR count). The molecule has 1 saturated heterocycles. The Bertz CT molecular complexity index is 652. The van der Waals surface area contributed by atoms with Crippen LogP contribution in [0.2, 0.25) is 0 Å². The third kappa shape index (κ3) is 4.40. The Morgan fingerprint density at radius 3 is 2.88 bits per heavy atom. The third-order valence-electron chi connectivity index (χ3n) is 4.18. The lowest BCUT2D eigenvalue weighted by molar-refractivity contribution is -0.135. The molecule has 0 bridgehead atoms. The minimum Gasteiger partial charge on any atom is -0.366 e. The molecule has 2 atom stereocenters. The standard InChI is InChI=1S/C19H23N3O2/c1-14-4-6-15(7-5-14)11-17(16-3-2-8-20-12-16)22-19(23)18-13-21-9-10-24-18/h2-8,12,17-18,21H,9-11,13H2,1H3,(H,22,23)/t17-,18+/m1/s1. The molecule has 2 heterocycles. The van der Waals surface area contributed by atoms with E-state index in [4.69, 9.17) is 4.74 Å². The van der Waals surface area contributed by atoms with Crippen molar-refractivity contribution in [3.8, 4) is 0 Å². The van der Waals surface area contributed by atoms with E-state index in [0.717, 1.165) is 18.5 Å². The molecular weight excluding hydrogens is 302 g/mol. The number of nitrogens with one attached hydrogen (secondary N) is 2. The highest BCUT2D eigenvalue weighted by atomic mass is 16.5. The van der Waals surface area contributed by atoms with Gasteiger partial charge in [0.05, 0.1) is 12.6 Å². The van der Waals surface area contributed by atoms with Crippen molar-refractivity contribution in [1.29, 1.82) is 0 Å². The quantitative estimate of drug-likeness (QED) is 0.880. The van der Waals surface area contributed by atoms with E-state index in [1.807, 2.05) is 12.1 Å². The van der Waals surface area contributed by atoms with Crippen LogP contribution < -0.4 is 10.6 Å². The predicted octanol–water partition coefficient (Wildman–Crippen LogP) is 1.78. The van der Waals surface area contributed by atoms with Gasteiger partial charge in [0.1, 0.15) is 6.10 Å². The van der Waals surface area contributed by atoms with E-state index in [-0.39, 0.29) is 11.9 Å². The summed E-state index contributed by atoms with van der Waals surface area (Å²) in [6.45, 7) is 3.97. The number of benzene rings is 1. The summed E-state index contributed by atoms with van der Waals surface area (Å²) in [6, 6.07) is 12.1. The molecule has 126 valence electrons. The van der Waals surface area contributed by atoms with Crippen LogP contribution in [0.3, 0.4) is 0 Å². The highest BCUT2D eigenvalue weighted by molar-refractivity contribution is 5.81. The van der Waals surface area contributed by atoms with Gasteiger partial charge in [-0.1, -0.05) is 35.9 Å². The maximum Gasteiger partial charge on any atom is 0.250 e. The van der Waals surface area contributed by atoms with Gasteiger partial charge in [0.2, 0.25) is 0 Å². The number of rotatable bonds is 5. The summed E-state index contributed by atoms with van der Waals surface area (Å²) < 4.78 is 5.55. The van der Waals surface area contributed by atoms with Crippen molar-refractivity contribution in [2.24, 2.45) is 0 Å². The van der Waals surface area contributed by atoms with Gasteiger partial charge in [-0.2, -0.15) is 0 Å². The monoisotopic (exact) mass is 325 g/mol. The summed E-state index contributed by atoms with van der Waals surface area (Å²) >= 11 is 0. The number of carbonyl (C=O) groups excluding carboxylic acids is 1. The summed E-state index contributed by atoms with van der Waals surface area (Å²) in [6.07, 6.45) is 3.83. The first-order chi connectivity index (χ1) is 11.7. The van der Waals surface area contributed by atoms with Gasteiger partial charge in [0.15, 0.2) is 0 Å². The maximum atomic E-state index is 12.5. The van der Waals surface area contributed by atoms with Gasteiger partial charge < -0.3 is 15.4 Å². The van der Waals surface area contributed by atoms with Crippen LogP contribution in [0, 0.1) is 6.92 Å². The number of morpholine rings is 1. The molecule has 0 radical (unpaired) electrons. The number of hydrogen-bond acceptors (Lipinski definition) is 4. The van der Waals surface area contributed by atoms with Crippen LogP contribution in [0.25, 0.3) is 0 Å². The Kier molecular flexibility index (Phi) is 5.56. The van der Waals surface area contributed by atoms with Crippen molar-refractivity contribution in [1.82, 2.24) is 15.6 Å². The van der Waals surface area contributed by atoms with Gasteiger partial charge >= 0.3 is 0 Å². The van der Waals surface area contributed by atoms with Crippen molar-refractivity contribution in [2.45, 2.75) is 25.5 Å². The second-order valence-electron chi connectivity index (χ2n) is 6.10. The molecule has 0 spiro atoms. The largest absolute Gasteiger partial charge is 0.366 e. The van der Waals surface area contributed by atoms with Crippen LogP contribution in [0.15, 0.2) is 48.8 Å². The van der Waals surface area contributed by atoms with Gasteiger partial charge in [-0.3, -0.25) is 9.78 Å². The van der Waals surface area contributed by atoms with Gasteiger partial charge in [-0.15, -0.1) is 0 Å². The molecule has 5 heteroatoms. The Morgan fingerprint density at radius 1 is 1.38 bits per heavy atom. The summed E-state index contributed by atoms with van der Waals surface area (Å²) in [5, 5.41) is 6.31. The number of hydrogen-bond donors (Lipinski definition) is 2. The SMILES string of the molecule is Cc1ccc(C[C@@H](NC(=O)[C@@H]2CNCCO2)c2cccnc2)cc1. The molecule has 0 aliphatic carbocycles. The molecule has 2 N–H and O–H groups in total.